The number of hydrogen-bond donors (Lipinski definition) is 0. The average Bonchev–Trinajstić information content (AvgIpc) is 2.87. The van der Waals surface area contributed by atoms with Crippen LogP contribution in [0.1, 0.15) is 17.0 Å². The highest BCUT2D eigenvalue weighted by Crippen LogP contribution is 2.52. The Labute approximate surface area is 131 Å². The molecule has 2 aromatic carbocycles. The van der Waals surface area contributed by atoms with E-state index in [1.165, 1.54) is 21.6 Å². The van der Waals surface area contributed by atoms with Gasteiger partial charge in [0.2, 0.25) is 0 Å². The summed E-state index contributed by atoms with van der Waals surface area (Å²) in [4.78, 5) is 1.43. The standard InChI is InChI=1S/C18H13BrS/c19-13-10-8-12(9-11-13)14-5-3-6-16-15-4-1-2-7-17(15)20-18(14)16/h1-11,16,18H. The molecule has 0 aromatic heterocycles. The Hall–Kier alpha value is -1.25. The molecule has 0 nitrogen and oxygen atoms in total. The molecule has 2 heteroatoms. The molecule has 0 fully saturated rings. The van der Waals surface area contributed by atoms with E-state index >= 15 is 0 Å². The van der Waals surface area contributed by atoms with Gasteiger partial charge in [0.05, 0.1) is 0 Å². The zero-order valence-corrected chi connectivity index (χ0v) is 13.2. The van der Waals surface area contributed by atoms with Crippen molar-refractivity contribution in [2.24, 2.45) is 0 Å². The predicted molar refractivity (Wildman–Crippen MR) is 90.1 cm³/mol. The van der Waals surface area contributed by atoms with E-state index < -0.39 is 0 Å². The first-order chi connectivity index (χ1) is 9.83. The molecule has 0 saturated carbocycles. The van der Waals surface area contributed by atoms with Crippen molar-refractivity contribution in [1.29, 1.82) is 0 Å². The summed E-state index contributed by atoms with van der Waals surface area (Å²) in [5.41, 5.74) is 4.24. The molecular weight excluding hydrogens is 328 g/mol. The quantitative estimate of drug-likeness (QED) is 0.645. The lowest BCUT2D eigenvalue weighted by Gasteiger charge is -2.23. The maximum absolute atomic E-state index is 3.51. The summed E-state index contributed by atoms with van der Waals surface area (Å²) in [7, 11) is 0. The van der Waals surface area contributed by atoms with Crippen molar-refractivity contribution < 1.29 is 0 Å². The predicted octanol–water partition coefficient (Wildman–Crippen LogP) is 5.66. The van der Waals surface area contributed by atoms with Gasteiger partial charge in [-0.3, -0.25) is 0 Å². The van der Waals surface area contributed by atoms with Gasteiger partial charge in [0.15, 0.2) is 0 Å². The van der Waals surface area contributed by atoms with Crippen LogP contribution in [0.3, 0.4) is 0 Å². The maximum Gasteiger partial charge on any atom is 0.0454 e. The van der Waals surface area contributed by atoms with Gasteiger partial charge >= 0.3 is 0 Å². The number of allylic oxidation sites excluding steroid dienone is 3. The summed E-state index contributed by atoms with van der Waals surface area (Å²) in [6.07, 6.45) is 6.82. The molecule has 1 heterocycles. The van der Waals surface area contributed by atoms with Crippen molar-refractivity contribution >= 4 is 33.3 Å². The van der Waals surface area contributed by atoms with E-state index in [0.29, 0.717) is 11.2 Å². The Kier molecular flexibility index (Phi) is 3.08. The van der Waals surface area contributed by atoms with Crippen LogP contribution >= 0.6 is 27.7 Å². The van der Waals surface area contributed by atoms with Crippen LogP contribution in [0, 0.1) is 0 Å². The van der Waals surface area contributed by atoms with Gasteiger partial charge in [-0.05, 0) is 34.9 Å². The molecule has 2 unspecified atom stereocenters. The highest BCUT2D eigenvalue weighted by molar-refractivity contribution is 9.10. The zero-order chi connectivity index (χ0) is 13.5. The molecule has 0 amide bonds. The van der Waals surface area contributed by atoms with Gasteiger partial charge in [-0.1, -0.05) is 64.5 Å². The zero-order valence-electron chi connectivity index (χ0n) is 10.8. The van der Waals surface area contributed by atoms with Crippen LogP contribution in [-0.2, 0) is 0 Å². The smallest absolute Gasteiger partial charge is 0.0454 e. The Balaban J connectivity index is 1.76. The van der Waals surface area contributed by atoms with Crippen LogP contribution in [0.4, 0.5) is 0 Å². The summed E-state index contributed by atoms with van der Waals surface area (Å²) in [6.45, 7) is 0. The third-order valence-electron chi connectivity index (χ3n) is 3.94. The second-order valence-electron chi connectivity index (χ2n) is 5.12. The third kappa shape index (κ3) is 1.99. The monoisotopic (exact) mass is 340 g/mol. The van der Waals surface area contributed by atoms with E-state index in [-0.39, 0.29) is 0 Å². The van der Waals surface area contributed by atoms with Gasteiger partial charge in [-0.25, -0.2) is 0 Å². The molecule has 20 heavy (non-hydrogen) atoms. The molecule has 0 spiro atoms. The van der Waals surface area contributed by atoms with Crippen molar-refractivity contribution in [3.8, 4) is 0 Å². The molecule has 2 aliphatic rings. The summed E-state index contributed by atoms with van der Waals surface area (Å²) in [6, 6.07) is 17.4. The normalized spacial score (nSPS) is 23.1. The molecule has 0 saturated heterocycles. The van der Waals surface area contributed by atoms with Crippen molar-refractivity contribution in [3.63, 3.8) is 0 Å². The second-order valence-corrected chi connectivity index (χ2v) is 7.21. The van der Waals surface area contributed by atoms with Crippen molar-refractivity contribution in [3.05, 3.63) is 82.4 Å². The minimum absolute atomic E-state index is 0.513. The summed E-state index contributed by atoms with van der Waals surface area (Å²) in [5.74, 6) is 0.514. The molecule has 0 bridgehead atoms. The van der Waals surface area contributed by atoms with E-state index in [1.54, 1.807) is 0 Å². The Morgan fingerprint density at radius 3 is 2.60 bits per heavy atom. The fourth-order valence-corrected chi connectivity index (χ4v) is 4.74. The van der Waals surface area contributed by atoms with Crippen molar-refractivity contribution in [1.82, 2.24) is 0 Å². The van der Waals surface area contributed by atoms with Crippen molar-refractivity contribution in [2.75, 3.05) is 0 Å². The van der Waals surface area contributed by atoms with Gasteiger partial charge in [0.1, 0.15) is 0 Å². The average molecular weight is 341 g/mol. The topological polar surface area (TPSA) is 0 Å². The molecule has 0 radical (unpaired) electrons. The van der Waals surface area contributed by atoms with Gasteiger partial charge in [0.25, 0.3) is 0 Å². The fourth-order valence-electron chi connectivity index (χ4n) is 2.97. The number of rotatable bonds is 1. The van der Waals surface area contributed by atoms with Crippen LogP contribution < -0.4 is 0 Å². The third-order valence-corrected chi connectivity index (χ3v) is 5.89. The van der Waals surface area contributed by atoms with Gasteiger partial charge in [-0.15, -0.1) is 11.8 Å². The molecule has 1 aliphatic heterocycles. The number of hydrogen-bond acceptors (Lipinski definition) is 1. The van der Waals surface area contributed by atoms with Crippen LogP contribution in [0.2, 0.25) is 0 Å². The highest BCUT2D eigenvalue weighted by atomic mass is 79.9. The first-order valence-electron chi connectivity index (χ1n) is 6.73. The number of thioether (sulfide) groups is 1. The SMILES string of the molecule is Brc1ccc(C2=CC=CC3c4ccccc4SC23)cc1. The highest BCUT2D eigenvalue weighted by Gasteiger charge is 2.35. The van der Waals surface area contributed by atoms with Crippen LogP contribution in [-0.4, -0.2) is 5.25 Å². The number of halogens is 1. The lowest BCUT2D eigenvalue weighted by molar-refractivity contribution is 0.893. The van der Waals surface area contributed by atoms with E-state index in [0.717, 1.165) is 4.47 Å². The molecular formula is C18H13BrS. The molecule has 0 N–H and O–H groups in total. The van der Waals surface area contributed by atoms with Gasteiger partial charge in [0, 0.05) is 20.5 Å². The lowest BCUT2D eigenvalue weighted by atomic mass is 9.85. The number of benzene rings is 2. The van der Waals surface area contributed by atoms with Gasteiger partial charge in [-0.2, -0.15) is 0 Å². The molecule has 1 aliphatic carbocycles. The van der Waals surface area contributed by atoms with Crippen molar-refractivity contribution in [2.45, 2.75) is 16.1 Å². The molecule has 98 valence electrons. The largest absolute Gasteiger partial charge is 0.117 e. The van der Waals surface area contributed by atoms with E-state index in [4.69, 9.17) is 0 Å². The minimum atomic E-state index is 0.513. The summed E-state index contributed by atoms with van der Waals surface area (Å²) < 4.78 is 1.13. The summed E-state index contributed by atoms with van der Waals surface area (Å²) >= 11 is 5.51. The molecule has 4 rings (SSSR count). The molecule has 2 aromatic rings. The van der Waals surface area contributed by atoms with Crippen LogP contribution in [0.25, 0.3) is 5.57 Å². The Morgan fingerprint density at radius 1 is 0.950 bits per heavy atom. The first-order valence-corrected chi connectivity index (χ1v) is 8.40. The Bertz CT molecular complexity index is 712. The Morgan fingerprint density at radius 2 is 1.75 bits per heavy atom. The first kappa shape index (κ1) is 12.5. The minimum Gasteiger partial charge on any atom is -0.117 e. The maximum atomic E-state index is 3.51. The fraction of sp³-hybridized carbons (Fsp3) is 0.111. The van der Waals surface area contributed by atoms with Crippen LogP contribution in [0.5, 0.6) is 0 Å². The van der Waals surface area contributed by atoms with E-state index in [9.17, 15) is 0 Å². The summed E-state index contributed by atoms with van der Waals surface area (Å²) in [5, 5.41) is 0.513. The number of fused-ring (bicyclic) bond motifs is 3. The second kappa shape index (κ2) is 4.94. The van der Waals surface area contributed by atoms with E-state index in [2.05, 4.69) is 82.7 Å². The lowest BCUT2D eigenvalue weighted by Crippen LogP contribution is -2.13. The molecule has 2 atom stereocenters. The van der Waals surface area contributed by atoms with Crippen LogP contribution in [0.15, 0.2) is 76.1 Å². The van der Waals surface area contributed by atoms with E-state index in [1.807, 2.05) is 11.8 Å². The van der Waals surface area contributed by atoms with Gasteiger partial charge < -0.3 is 0 Å².